The Bertz CT molecular complexity index is 649. The lowest BCUT2D eigenvalue weighted by Crippen LogP contribution is -1.98. The molecule has 3 heteroatoms. The molecule has 1 unspecified atom stereocenters. The molecule has 1 aliphatic heterocycles. The Morgan fingerprint density at radius 1 is 0.824 bits per heavy atom. The van der Waals surface area contributed by atoms with Crippen molar-refractivity contribution in [1.82, 2.24) is 14.6 Å². The lowest BCUT2D eigenvalue weighted by atomic mass is 10.2. The summed E-state index contributed by atoms with van der Waals surface area (Å²) in [4.78, 5) is 2.01. The highest BCUT2D eigenvalue weighted by Crippen LogP contribution is 2.39. The van der Waals surface area contributed by atoms with Crippen LogP contribution in [0, 0.1) is 0 Å². The topological polar surface area (TPSA) is 22.8 Å². The molecule has 17 heavy (non-hydrogen) atoms. The van der Waals surface area contributed by atoms with Crippen LogP contribution < -0.4 is 0 Å². The molecule has 1 aliphatic rings. The van der Waals surface area contributed by atoms with Crippen LogP contribution in [0.2, 0.25) is 0 Å². The fraction of sp³-hybridized carbons (Fsp3) is 0.0714. The van der Waals surface area contributed by atoms with Gasteiger partial charge in [0.1, 0.15) is 0 Å². The van der Waals surface area contributed by atoms with Crippen molar-refractivity contribution in [2.45, 2.75) is 6.17 Å². The van der Waals surface area contributed by atoms with E-state index < -0.39 is 0 Å². The molecule has 0 spiro atoms. The van der Waals surface area contributed by atoms with Crippen LogP contribution in [0.1, 0.15) is 11.7 Å². The molecule has 82 valence electrons. The summed E-state index contributed by atoms with van der Waals surface area (Å²) < 4.78 is 2.21. The van der Waals surface area contributed by atoms with Crippen LogP contribution in [0.25, 0.3) is 11.4 Å². The second kappa shape index (κ2) is 3.10. The van der Waals surface area contributed by atoms with E-state index in [4.69, 9.17) is 0 Å². The van der Waals surface area contributed by atoms with E-state index in [9.17, 15) is 0 Å². The molecular weight excluding hydrogens is 210 g/mol. The van der Waals surface area contributed by atoms with E-state index in [1.54, 1.807) is 0 Å². The summed E-state index contributed by atoms with van der Waals surface area (Å²) >= 11 is 0. The van der Waals surface area contributed by atoms with Gasteiger partial charge in [0.25, 0.3) is 0 Å². The van der Waals surface area contributed by atoms with Crippen LogP contribution in [-0.2, 0) is 0 Å². The summed E-state index contributed by atoms with van der Waals surface area (Å²) in [6.07, 6.45) is 0.311. The predicted molar refractivity (Wildman–Crippen MR) is 65.6 cm³/mol. The average molecular weight is 221 g/mol. The van der Waals surface area contributed by atoms with Crippen LogP contribution in [0.4, 0.5) is 0 Å². The van der Waals surface area contributed by atoms with Gasteiger partial charge in [0, 0.05) is 11.1 Å². The quantitative estimate of drug-likeness (QED) is 0.510. The smallest absolute Gasteiger partial charge is 0.188 e. The monoisotopic (exact) mass is 221 g/mol. The second-order valence-electron chi connectivity index (χ2n) is 4.24. The van der Waals surface area contributed by atoms with Gasteiger partial charge < -0.3 is 0 Å². The summed E-state index contributed by atoms with van der Waals surface area (Å²) in [5, 5.41) is 4.50. The first-order valence-electron chi connectivity index (χ1n) is 5.72. The van der Waals surface area contributed by atoms with Gasteiger partial charge in [-0.05, 0) is 0 Å². The predicted octanol–water partition coefficient (Wildman–Crippen LogP) is 2.76. The minimum absolute atomic E-state index is 0.311. The Kier molecular flexibility index (Phi) is 1.61. The van der Waals surface area contributed by atoms with Crippen molar-refractivity contribution in [3.8, 4) is 11.4 Å². The Hall–Kier alpha value is -2.29. The van der Waals surface area contributed by atoms with Gasteiger partial charge in [0.15, 0.2) is 12.0 Å². The molecular formula is C14H11N3. The fourth-order valence-electron chi connectivity index (χ4n) is 2.26. The zero-order valence-electron chi connectivity index (χ0n) is 9.19. The van der Waals surface area contributed by atoms with Gasteiger partial charge in [-0.25, -0.2) is 4.68 Å². The highest BCUT2D eigenvalue weighted by molar-refractivity contribution is 5.57. The molecule has 0 N–H and O–H groups in total. The van der Waals surface area contributed by atoms with Gasteiger partial charge in [-0.2, -0.15) is 4.80 Å². The summed E-state index contributed by atoms with van der Waals surface area (Å²) in [6.45, 7) is 0. The van der Waals surface area contributed by atoms with Crippen molar-refractivity contribution in [2.75, 3.05) is 0 Å². The standard InChI is InChI=1S/C14H11N3/c1-3-7-11(8-4-1)13-15-17-14(16(13)17)12-9-5-2-6-10-12/h1-10,14H. The highest BCUT2D eigenvalue weighted by Gasteiger charge is 2.40. The highest BCUT2D eigenvalue weighted by atomic mass is 15.8. The van der Waals surface area contributed by atoms with Crippen molar-refractivity contribution in [2.24, 2.45) is 0 Å². The lowest BCUT2D eigenvalue weighted by molar-refractivity contribution is 0.763. The zero-order chi connectivity index (χ0) is 11.2. The molecule has 3 aromatic rings. The van der Waals surface area contributed by atoms with Crippen LogP contribution in [0.3, 0.4) is 0 Å². The van der Waals surface area contributed by atoms with E-state index in [0.717, 1.165) is 5.82 Å². The molecule has 2 heterocycles. The van der Waals surface area contributed by atoms with Gasteiger partial charge in [-0.15, -0.1) is 5.10 Å². The maximum atomic E-state index is 4.50. The minimum Gasteiger partial charge on any atom is -0.216 e. The van der Waals surface area contributed by atoms with Crippen LogP contribution >= 0.6 is 0 Å². The summed E-state index contributed by atoms with van der Waals surface area (Å²) in [7, 11) is 0. The Labute approximate surface area is 98.9 Å². The maximum absolute atomic E-state index is 4.50. The first-order chi connectivity index (χ1) is 8.45. The minimum atomic E-state index is 0.311. The van der Waals surface area contributed by atoms with E-state index in [-0.39, 0.29) is 0 Å². The molecule has 3 nitrogen and oxygen atoms in total. The van der Waals surface area contributed by atoms with Crippen molar-refractivity contribution < 1.29 is 0 Å². The first-order valence-corrected chi connectivity index (χ1v) is 5.72. The van der Waals surface area contributed by atoms with E-state index >= 15 is 0 Å². The van der Waals surface area contributed by atoms with Crippen molar-refractivity contribution in [1.29, 1.82) is 0 Å². The van der Waals surface area contributed by atoms with Gasteiger partial charge in [-0.3, -0.25) is 0 Å². The molecule has 0 fully saturated rings. The second-order valence-corrected chi connectivity index (χ2v) is 4.24. The van der Waals surface area contributed by atoms with E-state index in [0.29, 0.717) is 6.17 Å². The average Bonchev–Trinajstić information content (AvgIpc) is 2.96. The maximum Gasteiger partial charge on any atom is 0.188 e. The molecule has 2 aromatic carbocycles. The Morgan fingerprint density at radius 2 is 1.47 bits per heavy atom. The van der Waals surface area contributed by atoms with E-state index in [1.807, 2.05) is 29.1 Å². The third-order valence-corrected chi connectivity index (χ3v) is 3.16. The summed E-state index contributed by atoms with van der Waals surface area (Å²) in [6, 6.07) is 20.8. The molecule has 0 bridgehead atoms. The fourth-order valence-corrected chi connectivity index (χ4v) is 2.26. The van der Waals surface area contributed by atoms with Gasteiger partial charge in [0.2, 0.25) is 0 Å². The number of rotatable bonds is 2. The van der Waals surface area contributed by atoms with Crippen molar-refractivity contribution in [3.63, 3.8) is 0 Å². The molecule has 1 atom stereocenters. The van der Waals surface area contributed by atoms with Crippen LogP contribution in [0.15, 0.2) is 60.7 Å². The number of aromatic nitrogens is 3. The first kappa shape index (κ1) is 8.82. The normalized spacial score (nSPS) is 16.8. The number of nitrogens with zero attached hydrogens (tertiary/aromatic N) is 3. The molecule has 4 rings (SSSR count). The number of benzene rings is 2. The molecule has 0 saturated carbocycles. The van der Waals surface area contributed by atoms with Crippen LogP contribution in [0.5, 0.6) is 0 Å². The zero-order valence-corrected chi connectivity index (χ0v) is 9.19. The third kappa shape index (κ3) is 1.19. The Morgan fingerprint density at radius 3 is 2.18 bits per heavy atom. The summed E-state index contributed by atoms with van der Waals surface area (Å²) in [5.41, 5.74) is 2.48. The number of hydrogen-bond acceptors (Lipinski definition) is 1. The molecule has 0 aliphatic carbocycles. The molecule has 0 saturated heterocycles. The van der Waals surface area contributed by atoms with E-state index in [2.05, 4.69) is 46.2 Å². The van der Waals surface area contributed by atoms with Crippen molar-refractivity contribution in [3.05, 3.63) is 66.2 Å². The number of hydrogen-bond donors (Lipinski definition) is 0. The SMILES string of the molecule is c1ccc(-c2nn3n2C3c2ccccc2)cc1. The van der Waals surface area contributed by atoms with Gasteiger partial charge in [-0.1, -0.05) is 60.7 Å². The lowest BCUT2D eigenvalue weighted by Gasteiger charge is -2.00. The summed E-state index contributed by atoms with van der Waals surface area (Å²) in [5.74, 6) is 1.07. The number of fused-ring (bicyclic) bond motifs is 1. The third-order valence-electron chi connectivity index (χ3n) is 3.16. The largest absolute Gasteiger partial charge is 0.216 e. The van der Waals surface area contributed by atoms with Crippen LogP contribution in [-0.4, -0.2) is 14.6 Å². The molecule has 1 aromatic heterocycles. The Balaban J connectivity index is 1.69. The van der Waals surface area contributed by atoms with Gasteiger partial charge >= 0.3 is 0 Å². The van der Waals surface area contributed by atoms with Gasteiger partial charge in [0.05, 0.1) is 0 Å². The molecule has 0 radical (unpaired) electrons. The molecule has 0 amide bonds. The van der Waals surface area contributed by atoms with E-state index in [1.165, 1.54) is 11.1 Å². The van der Waals surface area contributed by atoms with Crippen molar-refractivity contribution >= 4 is 0 Å².